The van der Waals surface area contributed by atoms with E-state index in [4.69, 9.17) is 27.9 Å². The van der Waals surface area contributed by atoms with Crippen LogP contribution in [0.4, 0.5) is 0 Å². The van der Waals surface area contributed by atoms with Gasteiger partial charge in [-0.15, -0.1) is 10.2 Å². The highest BCUT2D eigenvalue weighted by Gasteiger charge is 2.27. The van der Waals surface area contributed by atoms with Crippen LogP contribution in [0.2, 0.25) is 10.0 Å². The van der Waals surface area contributed by atoms with Crippen molar-refractivity contribution >= 4 is 29.1 Å². The fourth-order valence-corrected chi connectivity index (χ4v) is 3.74. The monoisotopic (exact) mass is 446 g/mol. The Balaban J connectivity index is 1.47. The van der Waals surface area contributed by atoms with Gasteiger partial charge in [0.05, 0.1) is 22.8 Å². The van der Waals surface area contributed by atoms with Crippen molar-refractivity contribution in [3.8, 4) is 11.4 Å². The number of amides is 1. The minimum atomic E-state index is -0.208. The summed E-state index contributed by atoms with van der Waals surface area (Å²) in [7, 11) is 0. The number of nitrogens with zero attached hydrogens (tertiary/aromatic N) is 3. The number of carbonyl (C=O) groups excluding carboxylic acids is 1. The van der Waals surface area contributed by atoms with E-state index in [-0.39, 0.29) is 17.9 Å². The maximum absolute atomic E-state index is 12.8. The van der Waals surface area contributed by atoms with Crippen molar-refractivity contribution in [2.75, 3.05) is 26.2 Å². The average Bonchev–Trinajstić information content (AvgIpc) is 3.20. The standard InChI is InChI=1S/C20H20Cl2N6O2/c21-16-5-4-12(9-17(16)22)18-15(10-23-6-7-30-18)11-24-20(29)14-3-1-2-13(8-14)19-25-27-28-26-19/h1-5,8-9,15,18,23H,6-7,10-11H2,(H,24,29)(H,25,26,27,28). The molecular weight excluding hydrogens is 427 g/mol. The largest absolute Gasteiger partial charge is 0.372 e. The molecule has 30 heavy (non-hydrogen) atoms. The van der Waals surface area contributed by atoms with E-state index in [1.807, 2.05) is 18.2 Å². The van der Waals surface area contributed by atoms with Crippen LogP contribution in [0.3, 0.4) is 0 Å². The molecule has 0 aliphatic carbocycles. The molecule has 156 valence electrons. The molecule has 1 fully saturated rings. The fourth-order valence-electron chi connectivity index (χ4n) is 3.44. The van der Waals surface area contributed by atoms with E-state index in [1.165, 1.54) is 0 Å². The first-order valence-corrected chi connectivity index (χ1v) is 10.3. The van der Waals surface area contributed by atoms with Crippen LogP contribution in [0.15, 0.2) is 42.5 Å². The number of halogens is 2. The van der Waals surface area contributed by atoms with Gasteiger partial charge in [0.25, 0.3) is 5.91 Å². The summed E-state index contributed by atoms with van der Waals surface area (Å²) in [5.41, 5.74) is 2.17. The zero-order valence-corrected chi connectivity index (χ0v) is 17.5. The Morgan fingerprint density at radius 3 is 2.90 bits per heavy atom. The van der Waals surface area contributed by atoms with Crippen LogP contribution in [0, 0.1) is 5.92 Å². The number of benzene rings is 2. The van der Waals surface area contributed by atoms with Gasteiger partial charge in [-0.3, -0.25) is 4.79 Å². The summed E-state index contributed by atoms with van der Waals surface area (Å²) in [5, 5.41) is 21.2. The topological polar surface area (TPSA) is 105 Å². The molecule has 0 bridgehead atoms. The van der Waals surface area contributed by atoms with Gasteiger partial charge in [-0.1, -0.05) is 41.4 Å². The summed E-state index contributed by atoms with van der Waals surface area (Å²) in [6.07, 6.45) is -0.208. The second-order valence-electron chi connectivity index (χ2n) is 6.96. The Hall–Kier alpha value is -2.52. The van der Waals surface area contributed by atoms with Gasteiger partial charge in [-0.05, 0) is 35.0 Å². The number of hydrogen-bond donors (Lipinski definition) is 3. The number of aromatic nitrogens is 4. The second kappa shape index (κ2) is 9.53. The number of nitrogens with one attached hydrogen (secondary N) is 3. The van der Waals surface area contributed by atoms with Crippen LogP contribution in [0.1, 0.15) is 22.0 Å². The Morgan fingerprint density at radius 2 is 2.10 bits per heavy atom. The number of H-pyrrole nitrogens is 1. The van der Waals surface area contributed by atoms with Gasteiger partial charge in [0.2, 0.25) is 5.82 Å². The summed E-state index contributed by atoms with van der Waals surface area (Å²) in [6.45, 7) is 2.45. The van der Waals surface area contributed by atoms with Crippen molar-refractivity contribution in [1.29, 1.82) is 0 Å². The first-order chi connectivity index (χ1) is 14.6. The van der Waals surface area contributed by atoms with E-state index >= 15 is 0 Å². The molecule has 2 aromatic carbocycles. The summed E-state index contributed by atoms with van der Waals surface area (Å²) < 4.78 is 6.06. The van der Waals surface area contributed by atoms with Crippen LogP contribution in [0.25, 0.3) is 11.4 Å². The normalized spacial score (nSPS) is 19.3. The Kier molecular flexibility index (Phi) is 6.59. The summed E-state index contributed by atoms with van der Waals surface area (Å²) >= 11 is 12.2. The highest BCUT2D eigenvalue weighted by molar-refractivity contribution is 6.42. The molecule has 0 saturated carbocycles. The molecule has 1 aliphatic rings. The van der Waals surface area contributed by atoms with Crippen molar-refractivity contribution in [1.82, 2.24) is 31.3 Å². The molecule has 0 spiro atoms. The lowest BCUT2D eigenvalue weighted by molar-refractivity contribution is 0.0306. The van der Waals surface area contributed by atoms with E-state index in [0.717, 1.165) is 12.1 Å². The molecule has 4 rings (SSSR count). The molecular formula is C20H20Cl2N6O2. The van der Waals surface area contributed by atoms with Crippen molar-refractivity contribution in [3.05, 3.63) is 63.6 Å². The van der Waals surface area contributed by atoms with Crippen LogP contribution in [0.5, 0.6) is 0 Å². The first kappa shape index (κ1) is 20.7. The van der Waals surface area contributed by atoms with Gasteiger partial charge in [-0.2, -0.15) is 5.21 Å². The maximum atomic E-state index is 12.8. The predicted octanol–water partition coefficient (Wildman–Crippen LogP) is 2.88. The minimum Gasteiger partial charge on any atom is -0.372 e. The van der Waals surface area contributed by atoms with E-state index < -0.39 is 0 Å². The summed E-state index contributed by atoms with van der Waals surface area (Å²) in [4.78, 5) is 12.8. The average molecular weight is 447 g/mol. The molecule has 2 heterocycles. The van der Waals surface area contributed by atoms with Crippen molar-refractivity contribution < 1.29 is 9.53 Å². The van der Waals surface area contributed by atoms with Crippen LogP contribution in [-0.4, -0.2) is 52.8 Å². The van der Waals surface area contributed by atoms with Crippen molar-refractivity contribution in [2.45, 2.75) is 6.10 Å². The van der Waals surface area contributed by atoms with Gasteiger partial charge in [-0.25, -0.2) is 0 Å². The lowest BCUT2D eigenvalue weighted by atomic mass is 9.95. The Bertz CT molecular complexity index is 1010. The molecule has 1 amide bonds. The number of ether oxygens (including phenoxy) is 1. The van der Waals surface area contributed by atoms with Crippen LogP contribution in [-0.2, 0) is 4.74 Å². The summed E-state index contributed by atoms with van der Waals surface area (Å²) in [5.74, 6) is 0.275. The molecule has 8 nitrogen and oxygen atoms in total. The third-order valence-electron chi connectivity index (χ3n) is 4.94. The van der Waals surface area contributed by atoms with Crippen molar-refractivity contribution in [2.24, 2.45) is 5.92 Å². The highest BCUT2D eigenvalue weighted by atomic mass is 35.5. The van der Waals surface area contributed by atoms with E-state index in [9.17, 15) is 4.79 Å². The molecule has 1 aliphatic heterocycles. The molecule has 1 saturated heterocycles. The zero-order chi connectivity index (χ0) is 20.9. The van der Waals surface area contributed by atoms with E-state index in [0.29, 0.717) is 46.7 Å². The second-order valence-corrected chi connectivity index (χ2v) is 7.77. The molecule has 2 atom stereocenters. The van der Waals surface area contributed by atoms with Gasteiger partial charge < -0.3 is 15.4 Å². The van der Waals surface area contributed by atoms with Gasteiger partial charge in [0.15, 0.2) is 0 Å². The van der Waals surface area contributed by atoms with Crippen LogP contribution < -0.4 is 10.6 Å². The fraction of sp³-hybridized carbons (Fsp3) is 0.300. The van der Waals surface area contributed by atoms with Gasteiger partial charge in [0.1, 0.15) is 0 Å². The first-order valence-electron chi connectivity index (χ1n) is 9.51. The van der Waals surface area contributed by atoms with Crippen LogP contribution >= 0.6 is 23.2 Å². The molecule has 10 heteroatoms. The molecule has 3 N–H and O–H groups in total. The van der Waals surface area contributed by atoms with Crippen molar-refractivity contribution in [3.63, 3.8) is 0 Å². The quantitative estimate of drug-likeness (QED) is 0.556. The molecule has 1 aromatic heterocycles. The minimum absolute atomic E-state index is 0.0223. The predicted molar refractivity (Wildman–Crippen MR) is 113 cm³/mol. The number of rotatable bonds is 5. The number of carbonyl (C=O) groups is 1. The smallest absolute Gasteiger partial charge is 0.251 e. The van der Waals surface area contributed by atoms with Gasteiger partial charge >= 0.3 is 0 Å². The lowest BCUT2D eigenvalue weighted by Crippen LogP contribution is -2.36. The third-order valence-corrected chi connectivity index (χ3v) is 5.68. The number of hydrogen-bond acceptors (Lipinski definition) is 6. The molecule has 2 unspecified atom stereocenters. The SMILES string of the molecule is O=C(NCC1CNCCOC1c1ccc(Cl)c(Cl)c1)c1cccc(-c2nn[nH]n2)c1. The highest BCUT2D eigenvalue weighted by Crippen LogP contribution is 2.32. The lowest BCUT2D eigenvalue weighted by Gasteiger charge is -2.25. The number of tetrazole rings is 1. The maximum Gasteiger partial charge on any atom is 0.251 e. The molecule has 0 radical (unpaired) electrons. The number of aromatic amines is 1. The Morgan fingerprint density at radius 1 is 1.20 bits per heavy atom. The van der Waals surface area contributed by atoms with E-state index in [2.05, 4.69) is 31.3 Å². The third kappa shape index (κ3) is 4.79. The molecule has 3 aromatic rings. The van der Waals surface area contributed by atoms with E-state index in [1.54, 1.807) is 24.3 Å². The Labute approximate surface area is 183 Å². The summed E-state index contributed by atoms with van der Waals surface area (Å²) in [6, 6.07) is 12.6. The van der Waals surface area contributed by atoms with Gasteiger partial charge in [0, 0.05) is 36.7 Å². The zero-order valence-electron chi connectivity index (χ0n) is 15.9.